The summed E-state index contributed by atoms with van der Waals surface area (Å²) in [6, 6.07) is 4.55. The second-order valence-corrected chi connectivity index (χ2v) is 9.11. The molecule has 4 N–H and O–H groups in total. The molecule has 9 heteroatoms. The van der Waals surface area contributed by atoms with Gasteiger partial charge < -0.3 is 16.4 Å². The number of nitrogens with one attached hydrogen (secondary N) is 2. The van der Waals surface area contributed by atoms with Crippen molar-refractivity contribution in [1.29, 1.82) is 0 Å². The summed E-state index contributed by atoms with van der Waals surface area (Å²) in [5, 5.41) is 5.13. The average molecular weight is 397 g/mol. The minimum atomic E-state index is -3.51. The fourth-order valence-corrected chi connectivity index (χ4v) is 4.59. The van der Waals surface area contributed by atoms with Gasteiger partial charge in [-0.1, -0.05) is 20.3 Å². The van der Waals surface area contributed by atoms with Crippen molar-refractivity contribution in [2.45, 2.75) is 50.5 Å². The number of carbonyl (C=O) groups excluding carboxylic acids is 2. The summed E-state index contributed by atoms with van der Waals surface area (Å²) in [4.78, 5) is 23.7. The average Bonchev–Trinajstić information content (AvgIpc) is 2.61. The van der Waals surface area contributed by atoms with Crippen LogP contribution in [0.15, 0.2) is 29.2 Å². The third-order valence-electron chi connectivity index (χ3n) is 4.41. The minimum absolute atomic E-state index is 0.185. The molecule has 1 aromatic carbocycles. The van der Waals surface area contributed by atoms with Gasteiger partial charge in [-0.25, -0.2) is 13.2 Å². The Hall–Kier alpha value is -2.13. The Morgan fingerprint density at radius 1 is 1.11 bits per heavy atom. The molecular weight excluding hydrogens is 368 g/mol. The zero-order chi connectivity index (χ0) is 20.0. The predicted octanol–water partition coefficient (Wildman–Crippen LogP) is 1.88. The summed E-state index contributed by atoms with van der Waals surface area (Å²) < 4.78 is 26.8. The van der Waals surface area contributed by atoms with Crippen molar-refractivity contribution in [3.63, 3.8) is 0 Å². The highest BCUT2D eigenvalue weighted by molar-refractivity contribution is 7.89. The van der Waals surface area contributed by atoms with Crippen molar-refractivity contribution in [1.82, 2.24) is 9.62 Å². The molecule has 150 valence electrons. The summed E-state index contributed by atoms with van der Waals surface area (Å²) in [5.74, 6) is -0.209. The number of anilines is 1. The number of primary amides is 1. The van der Waals surface area contributed by atoms with E-state index in [0.717, 1.165) is 19.3 Å². The number of benzene rings is 1. The van der Waals surface area contributed by atoms with Gasteiger partial charge in [-0.2, -0.15) is 4.31 Å². The van der Waals surface area contributed by atoms with Crippen LogP contribution in [-0.2, 0) is 14.8 Å². The molecule has 2 rings (SSSR count). The predicted molar refractivity (Wildman–Crippen MR) is 104 cm³/mol. The van der Waals surface area contributed by atoms with E-state index in [1.807, 2.05) is 13.8 Å². The van der Waals surface area contributed by atoms with Crippen molar-refractivity contribution in [2.24, 2.45) is 11.7 Å². The molecule has 1 aliphatic rings. The Labute approximate surface area is 160 Å². The van der Waals surface area contributed by atoms with Crippen LogP contribution >= 0.6 is 0 Å². The topological polar surface area (TPSA) is 122 Å². The number of rotatable bonds is 7. The zero-order valence-electron chi connectivity index (χ0n) is 15.8. The van der Waals surface area contributed by atoms with Crippen LogP contribution in [0.25, 0.3) is 0 Å². The summed E-state index contributed by atoms with van der Waals surface area (Å²) in [6.45, 7) is 4.94. The van der Waals surface area contributed by atoms with Crippen molar-refractivity contribution >= 4 is 27.6 Å². The Balaban J connectivity index is 2.07. The van der Waals surface area contributed by atoms with E-state index in [2.05, 4.69) is 10.6 Å². The molecule has 1 fully saturated rings. The lowest BCUT2D eigenvalue weighted by Crippen LogP contribution is -2.46. The van der Waals surface area contributed by atoms with Gasteiger partial charge in [0.1, 0.15) is 6.04 Å². The van der Waals surface area contributed by atoms with Gasteiger partial charge in [-0.15, -0.1) is 0 Å². The summed E-state index contributed by atoms with van der Waals surface area (Å²) >= 11 is 0. The van der Waals surface area contributed by atoms with E-state index < -0.39 is 28.0 Å². The number of carbonyl (C=O) groups is 2. The Morgan fingerprint density at radius 3 is 2.22 bits per heavy atom. The first-order valence-corrected chi connectivity index (χ1v) is 10.6. The monoisotopic (exact) mass is 396 g/mol. The molecule has 0 saturated carbocycles. The maximum atomic E-state index is 12.6. The number of urea groups is 1. The first-order valence-electron chi connectivity index (χ1n) is 9.17. The number of hydrogen-bond acceptors (Lipinski definition) is 4. The van der Waals surface area contributed by atoms with Crippen LogP contribution in [0, 0.1) is 5.92 Å². The van der Waals surface area contributed by atoms with Gasteiger partial charge in [0, 0.05) is 18.8 Å². The molecule has 1 aromatic rings. The van der Waals surface area contributed by atoms with E-state index >= 15 is 0 Å². The highest BCUT2D eigenvalue weighted by Gasteiger charge is 2.26. The lowest BCUT2D eigenvalue weighted by molar-refractivity contribution is -0.118. The van der Waals surface area contributed by atoms with E-state index in [0.29, 0.717) is 25.2 Å². The second-order valence-electron chi connectivity index (χ2n) is 7.17. The highest BCUT2D eigenvalue weighted by atomic mass is 32.2. The second kappa shape index (κ2) is 9.18. The molecule has 0 aliphatic carbocycles. The van der Waals surface area contributed by atoms with Gasteiger partial charge in [0.05, 0.1) is 4.90 Å². The quantitative estimate of drug-likeness (QED) is 0.651. The molecule has 0 radical (unpaired) electrons. The Morgan fingerprint density at radius 2 is 1.70 bits per heavy atom. The van der Waals surface area contributed by atoms with Gasteiger partial charge in [0.25, 0.3) is 0 Å². The third kappa shape index (κ3) is 5.93. The van der Waals surface area contributed by atoms with E-state index in [9.17, 15) is 18.0 Å². The molecule has 3 amide bonds. The van der Waals surface area contributed by atoms with Crippen LogP contribution in [0.3, 0.4) is 0 Å². The van der Waals surface area contributed by atoms with E-state index in [4.69, 9.17) is 5.73 Å². The van der Waals surface area contributed by atoms with Gasteiger partial charge in [0.15, 0.2) is 0 Å². The lowest BCUT2D eigenvalue weighted by Gasteiger charge is -2.26. The smallest absolute Gasteiger partial charge is 0.312 e. The zero-order valence-corrected chi connectivity index (χ0v) is 16.6. The fourth-order valence-electron chi connectivity index (χ4n) is 3.07. The first kappa shape index (κ1) is 21.2. The van der Waals surface area contributed by atoms with E-state index in [1.54, 1.807) is 12.1 Å². The molecule has 0 spiro atoms. The molecule has 27 heavy (non-hydrogen) atoms. The molecule has 1 atom stereocenters. The van der Waals surface area contributed by atoms with Crippen LogP contribution in [0.4, 0.5) is 10.5 Å². The number of nitrogens with zero attached hydrogens (tertiary/aromatic N) is 1. The molecule has 0 unspecified atom stereocenters. The van der Waals surface area contributed by atoms with Gasteiger partial charge in [-0.05, 0) is 49.4 Å². The first-order chi connectivity index (χ1) is 12.7. The van der Waals surface area contributed by atoms with Crippen LogP contribution in [0.2, 0.25) is 0 Å². The van der Waals surface area contributed by atoms with E-state index in [1.165, 1.54) is 16.4 Å². The summed E-state index contributed by atoms with van der Waals surface area (Å²) in [6.07, 6.45) is 3.24. The third-order valence-corrected chi connectivity index (χ3v) is 6.33. The minimum Gasteiger partial charge on any atom is -0.352 e. The van der Waals surface area contributed by atoms with Crippen molar-refractivity contribution in [2.75, 3.05) is 18.4 Å². The molecule has 1 saturated heterocycles. The molecular formula is C18H28N4O4S. The van der Waals surface area contributed by atoms with Crippen LogP contribution < -0.4 is 16.4 Å². The standard InChI is InChI=1S/C18H28N4O4S/c1-13(2)12-16(21-18(19)24)17(23)20-14-6-8-15(9-7-14)27(25,26)22-10-4-3-5-11-22/h6-9,13,16H,3-5,10-12H2,1-2H3,(H,20,23)(H3,19,21,24)/t16-/m0/s1. The van der Waals surface area contributed by atoms with Crippen LogP contribution in [0.1, 0.15) is 39.5 Å². The normalized spacial score (nSPS) is 16.7. The maximum absolute atomic E-state index is 12.6. The molecule has 0 bridgehead atoms. The van der Waals surface area contributed by atoms with Crippen LogP contribution in [0.5, 0.6) is 0 Å². The summed E-state index contributed by atoms with van der Waals surface area (Å²) in [5.41, 5.74) is 5.59. The van der Waals surface area contributed by atoms with Gasteiger partial charge in [0.2, 0.25) is 15.9 Å². The van der Waals surface area contributed by atoms with E-state index in [-0.39, 0.29) is 10.8 Å². The van der Waals surface area contributed by atoms with Crippen molar-refractivity contribution in [3.05, 3.63) is 24.3 Å². The number of amides is 3. The molecule has 1 aliphatic heterocycles. The summed E-state index contributed by atoms with van der Waals surface area (Å²) in [7, 11) is -3.51. The molecule has 1 heterocycles. The van der Waals surface area contributed by atoms with Crippen LogP contribution in [-0.4, -0.2) is 43.8 Å². The maximum Gasteiger partial charge on any atom is 0.312 e. The van der Waals surface area contributed by atoms with Crippen molar-refractivity contribution in [3.8, 4) is 0 Å². The lowest BCUT2D eigenvalue weighted by atomic mass is 10.0. The Bertz CT molecular complexity index is 756. The molecule has 8 nitrogen and oxygen atoms in total. The van der Waals surface area contributed by atoms with Crippen molar-refractivity contribution < 1.29 is 18.0 Å². The largest absolute Gasteiger partial charge is 0.352 e. The number of nitrogens with two attached hydrogens (primary N) is 1. The fraction of sp³-hybridized carbons (Fsp3) is 0.556. The Kier molecular flexibility index (Phi) is 7.20. The SMILES string of the molecule is CC(C)C[C@H](NC(N)=O)C(=O)Nc1ccc(S(=O)(=O)N2CCCCC2)cc1. The highest BCUT2D eigenvalue weighted by Crippen LogP contribution is 2.22. The van der Waals surface area contributed by atoms with Gasteiger partial charge >= 0.3 is 6.03 Å². The molecule has 0 aromatic heterocycles. The number of piperidine rings is 1. The number of hydrogen-bond donors (Lipinski definition) is 3. The number of sulfonamides is 1. The van der Waals surface area contributed by atoms with Gasteiger partial charge in [-0.3, -0.25) is 4.79 Å².